The van der Waals surface area contributed by atoms with Gasteiger partial charge in [0.15, 0.2) is 0 Å². The van der Waals surface area contributed by atoms with Gasteiger partial charge in [-0.15, -0.1) is 0 Å². The number of rotatable bonds is 3. The minimum absolute atomic E-state index is 0.259. The van der Waals surface area contributed by atoms with Crippen molar-refractivity contribution in [3.63, 3.8) is 0 Å². The fourth-order valence-electron chi connectivity index (χ4n) is 4.70. The van der Waals surface area contributed by atoms with E-state index in [1.807, 2.05) is 12.3 Å². The van der Waals surface area contributed by atoms with Crippen molar-refractivity contribution in [1.29, 1.82) is 0 Å². The van der Waals surface area contributed by atoms with Gasteiger partial charge >= 0.3 is 0 Å². The number of likely N-dealkylation sites (tertiary alicyclic amines) is 1. The van der Waals surface area contributed by atoms with E-state index in [4.69, 9.17) is 5.21 Å². The van der Waals surface area contributed by atoms with Crippen LogP contribution >= 0.6 is 0 Å². The molecule has 4 rings (SSSR count). The second kappa shape index (κ2) is 7.16. The third-order valence-electron chi connectivity index (χ3n) is 6.01. The zero-order valence-corrected chi connectivity index (χ0v) is 14.6. The van der Waals surface area contributed by atoms with Crippen LogP contribution in [-0.2, 0) is 0 Å². The van der Waals surface area contributed by atoms with Gasteiger partial charge in [-0.25, -0.2) is 4.39 Å². The molecule has 5 heteroatoms. The molecule has 1 aliphatic carbocycles. The lowest BCUT2D eigenvalue weighted by Crippen LogP contribution is -2.42. The summed E-state index contributed by atoms with van der Waals surface area (Å²) in [5.74, 6) is -0.259. The van der Waals surface area contributed by atoms with Gasteiger partial charge in [0.25, 0.3) is 0 Å². The molecule has 4 nitrogen and oxygen atoms in total. The van der Waals surface area contributed by atoms with Gasteiger partial charge in [0.1, 0.15) is 5.82 Å². The summed E-state index contributed by atoms with van der Waals surface area (Å²) in [7, 11) is 0. The minimum atomic E-state index is -0.259. The zero-order chi connectivity index (χ0) is 17.2. The normalized spacial score (nSPS) is 21.5. The Bertz CT molecular complexity index is 756. The van der Waals surface area contributed by atoms with Gasteiger partial charge in [-0.1, -0.05) is 24.4 Å². The minimum Gasteiger partial charge on any atom is -0.411 e. The topological polar surface area (TPSA) is 40.8 Å². The molecule has 0 unspecified atom stereocenters. The number of halogens is 1. The number of nitrogens with zero attached hydrogens (tertiary/aromatic N) is 3. The number of oxime groups is 1. The summed E-state index contributed by atoms with van der Waals surface area (Å²) in [4.78, 5) is 2.68. The van der Waals surface area contributed by atoms with Crippen molar-refractivity contribution < 1.29 is 9.60 Å². The summed E-state index contributed by atoms with van der Waals surface area (Å²) in [5, 5.41) is 12.9. The highest BCUT2D eigenvalue weighted by molar-refractivity contribution is 5.99. The standard InChI is InChI=1S/C20H26FN3O/c21-16-6-7-20-19(12-16)15(13-22-25)14-24(20)18-8-10-23(11-9-18)17-4-2-1-3-5-17/h6-7,12-14,17-18,25H,1-5,8-11H2/b22-13+. The Morgan fingerprint density at radius 3 is 2.52 bits per heavy atom. The Balaban J connectivity index is 1.54. The lowest BCUT2D eigenvalue weighted by Gasteiger charge is -2.39. The molecule has 1 aromatic heterocycles. The second-order valence-corrected chi connectivity index (χ2v) is 7.46. The van der Waals surface area contributed by atoms with Crippen LogP contribution in [0.25, 0.3) is 10.9 Å². The van der Waals surface area contributed by atoms with Crippen LogP contribution < -0.4 is 0 Å². The van der Waals surface area contributed by atoms with E-state index in [0.29, 0.717) is 6.04 Å². The van der Waals surface area contributed by atoms with Crippen LogP contribution in [0.2, 0.25) is 0 Å². The Labute approximate surface area is 147 Å². The molecule has 25 heavy (non-hydrogen) atoms. The van der Waals surface area contributed by atoms with Gasteiger partial charge in [0.05, 0.1) is 6.21 Å². The Morgan fingerprint density at radius 1 is 1.04 bits per heavy atom. The number of aromatic nitrogens is 1. The predicted octanol–water partition coefficient (Wildman–Crippen LogP) is 4.56. The van der Waals surface area contributed by atoms with E-state index in [1.165, 1.54) is 50.5 Å². The number of benzene rings is 1. The van der Waals surface area contributed by atoms with Crippen LogP contribution in [0.15, 0.2) is 29.6 Å². The van der Waals surface area contributed by atoms with Gasteiger partial charge in [-0.3, -0.25) is 0 Å². The van der Waals surface area contributed by atoms with E-state index < -0.39 is 0 Å². The predicted molar refractivity (Wildman–Crippen MR) is 98.0 cm³/mol. The van der Waals surface area contributed by atoms with Gasteiger partial charge in [-0.2, -0.15) is 0 Å². The molecule has 2 aliphatic rings. The first kappa shape index (κ1) is 16.6. The number of hydrogen-bond acceptors (Lipinski definition) is 3. The number of piperidine rings is 1. The monoisotopic (exact) mass is 343 g/mol. The van der Waals surface area contributed by atoms with Crippen LogP contribution in [0.1, 0.15) is 56.6 Å². The van der Waals surface area contributed by atoms with Crippen LogP contribution in [-0.4, -0.2) is 40.0 Å². The van der Waals surface area contributed by atoms with Crippen molar-refractivity contribution in [3.8, 4) is 0 Å². The molecule has 1 aliphatic heterocycles. The van der Waals surface area contributed by atoms with Crippen molar-refractivity contribution in [1.82, 2.24) is 9.47 Å². The van der Waals surface area contributed by atoms with E-state index in [1.54, 1.807) is 0 Å². The van der Waals surface area contributed by atoms with Crippen molar-refractivity contribution in [3.05, 3.63) is 35.8 Å². The lowest BCUT2D eigenvalue weighted by atomic mass is 9.92. The van der Waals surface area contributed by atoms with Crippen LogP contribution in [0.4, 0.5) is 4.39 Å². The molecule has 0 spiro atoms. The van der Waals surface area contributed by atoms with Crippen LogP contribution in [0.3, 0.4) is 0 Å². The summed E-state index contributed by atoms with van der Waals surface area (Å²) >= 11 is 0. The summed E-state index contributed by atoms with van der Waals surface area (Å²) < 4.78 is 15.9. The van der Waals surface area contributed by atoms with Gasteiger partial charge in [0, 0.05) is 47.8 Å². The molecule has 1 saturated carbocycles. The molecular formula is C20H26FN3O. The molecule has 1 saturated heterocycles. The Kier molecular flexibility index (Phi) is 4.75. The molecular weight excluding hydrogens is 317 g/mol. The Morgan fingerprint density at radius 2 is 1.80 bits per heavy atom. The Hall–Kier alpha value is -1.88. The summed E-state index contributed by atoms with van der Waals surface area (Å²) in [6.45, 7) is 2.28. The third-order valence-corrected chi connectivity index (χ3v) is 6.01. The van der Waals surface area contributed by atoms with E-state index >= 15 is 0 Å². The molecule has 1 N–H and O–H groups in total. The molecule has 134 valence electrons. The highest BCUT2D eigenvalue weighted by atomic mass is 19.1. The first-order valence-electron chi connectivity index (χ1n) is 9.48. The number of hydrogen-bond donors (Lipinski definition) is 1. The average Bonchev–Trinajstić information content (AvgIpc) is 3.01. The molecule has 2 heterocycles. The maximum atomic E-state index is 13.6. The highest BCUT2D eigenvalue weighted by Crippen LogP contribution is 2.32. The average molecular weight is 343 g/mol. The zero-order valence-electron chi connectivity index (χ0n) is 14.6. The molecule has 1 aromatic carbocycles. The number of fused-ring (bicyclic) bond motifs is 1. The smallest absolute Gasteiger partial charge is 0.123 e. The lowest BCUT2D eigenvalue weighted by molar-refractivity contribution is 0.110. The quantitative estimate of drug-likeness (QED) is 0.504. The van der Waals surface area contributed by atoms with Gasteiger partial charge < -0.3 is 14.7 Å². The SMILES string of the molecule is O/N=C/c1cn(C2CCN(C3CCCCC3)CC2)c2ccc(F)cc12. The maximum absolute atomic E-state index is 13.6. The van der Waals surface area contributed by atoms with Crippen LogP contribution in [0, 0.1) is 5.82 Å². The third kappa shape index (κ3) is 3.30. The largest absolute Gasteiger partial charge is 0.411 e. The van der Waals surface area contributed by atoms with Crippen molar-refractivity contribution >= 4 is 17.1 Å². The molecule has 2 aromatic rings. The first-order valence-corrected chi connectivity index (χ1v) is 9.48. The van der Waals surface area contributed by atoms with E-state index in [0.717, 1.165) is 48.4 Å². The fourth-order valence-corrected chi connectivity index (χ4v) is 4.70. The fraction of sp³-hybridized carbons (Fsp3) is 0.550. The summed E-state index contributed by atoms with van der Waals surface area (Å²) in [6.07, 6.45) is 12.5. The molecule has 0 amide bonds. The van der Waals surface area contributed by atoms with Crippen LogP contribution in [0.5, 0.6) is 0 Å². The van der Waals surface area contributed by atoms with Gasteiger partial charge in [0.2, 0.25) is 0 Å². The van der Waals surface area contributed by atoms with Crippen molar-refractivity contribution in [2.75, 3.05) is 13.1 Å². The molecule has 0 bridgehead atoms. The van der Waals surface area contributed by atoms with E-state index in [-0.39, 0.29) is 5.82 Å². The highest BCUT2D eigenvalue weighted by Gasteiger charge is 2.27. The van der Waals surface area contributed by atoms with Gasteiger partial charge in [-0.05, 0) is 43.9 Å². The summed E-state index contributed by atoms with van der Waals surface area (Å²) in [6, 6.07) is 6.08. The van der Waals surface area contributed by atoms with E-state index in [2.05, 4.69) is 14.6 Å². The molecule has 0 radical (unpaired) electrons. The first-order chi connectivity index (χ1) is 12.3. The second-order valence-electron chi connectivity index (χ2n) is 7.46. The summed E-state index contributed by atoms with van der Waals surface area (Å²) in [5.41, 5.74) is 1.79. The maximum Gasteiger partial charge on any atom is 0.123 e. The van der Waals surface area contributed by atoms with E-state index in [9.17, 15) is 4.39 Å². The van der Waals surface area contributed by atoms with Crippen molar-refractivity contribution in [2.45, 2.75) is 57.0 Å². The molecule has 0 atom stereocenters. The van der Waals surface area contributed by atoms with Crippen molar-refractivity contribution in [2.24, 2.45) is 5.16 Å². The molecule has 2 fully saturated rings.